The predicted molar refractivity (Wildman–Crippen MR) is 78.2 cm³/mol. The summed E-state index contributed by atoms with van der Waals surface area (Å²) in [7, 11) is 0. The molecule has 2 rings (SSSR count). The molecule has 0 aromatic rings. The minimum absolute atomic E-state index is 0.0663. The first-order valence-corrected chi connectivity index (χ1v) is 7.93. The monoisotopic (exact) mass is 283 g/mol. The van der Waals surface area contributed by atoms with Gasteiger partial charge in [0.05, 0.1) is 0 Å². The van der Waals surface area contributed by atoms with Crippen LogP contribution in [0.3, 0.4) is 0 Å². The van der Waals surface area contributed by atoms with E-state index in [1.54, 1.807) is 0 Å². The van der Waals surface area contributed by atoms with E-state index in [0.29, 0.717) is 6.42 Å². The largest absolute Gasteiger partial charge is 0.444 e. The lowest BCUT2D eigenvalue weighted by Crippen LogP contribution is -2.55. The van der Waals surface area contributed by atoms with Crippen LogP contribution in [0.1, 0.15) is 66.2 Å². The van der Waals surface area contributed by atoms with Gasteiger partial charge in [0, 0.05) is 5.92 Å². The number of carbonyl (C=O) groups is 1. The molecule has 0 saturated heterocycles. The molecule has 2 N–H and O–H groups in total. The summed E-state index contributed by atoms with van der Waals surface area (Å²) in [5.41, 5.74) is -1.66. The molecule has 0 radical (unpaired) electrons. The molecule has 2 aliphatic rings. The second-order valence-electron chi connectivity index (χ2n) is 7.67. The van der Waals surface area contributed by atoms with Gasteiger partial charge in [-0.2, -0.15) is 0 Å². The fourth-order valence-electron chi connectivity index (χ4n) is 3.42. The maximum absolute atomic E-state index is 11.9. The van der Waals surface area contributed by atoms with Gasteiger partial charge in [0.2, 0.25) is 0 Å². The number of hydrogen-bond donors (Lipinski definition) is 2. The van der Waals surface area contributed by atoms with E-state index in [2.05, 4.69) is 5.32 Å². The molecule has 4 heteroatoms. The van der Waals surface area contributed by atoms with E-state index in [9.17, 15) is 9.90 Å². The molecule has 4 atom stereocenters. The van der Waals surface area contributed by atoms with E-state index in [-0.39, 0.29) is 5.92 Å². The van der Waals surface area contributed by atoms with Gasteiger partial charge in [-0.15, -0.1) is 0 Å². The number of ether oxygens (including phenoxy) is 1. The van der Waals surface area contributed by atoms with Crippen molar-refractivity contribution in [3.05, 3.63) is 0 Å². The van der Waals surface area contributed by atoms with Crippen LogP contribution in [-0.2, 0) is 4.74 Å². The first-order chi connectivity index (χ1) is 9.20. The van der Waals surface area contributed by atoms with Gasteiger partial charge in [-0.05, 0) is 71.1 Å². The quantitative estimate of drug-likeness (QED) is 0.725. The van der Waals surface area contributed by atoms with Gasteiger partial charge in [-0.25, -0.2) is 4.79 Å². The molecule has 2 aliphatic carbocycles. The maximum Gasteiger partial charge on any atom is 0.409 e. The second kappa shape index (κ2) is 5.55. The Kier molecular flexibility index (Phi) is 4.33. The third-order valence-corrected chi connectivity index (χ3v) is 4.97. The Balaban J connectivity index is 1.97. The molecular formula is C16H29NO3. The standard InChI is InChI=1S/C16H29NO3/c1-11-5-6-12-7-8-13(12)9-10-16(11,19)17-14(18)20-15(2,3)4/h11-13,19H,5-10H2,1-4H3,(H,17,18)/t11-,12?,13+,16?/m0/s1. The van der Waals surface area contributed by atoms with Crippen molar-refractivity contribution in [2.45, 2.75) is 77.5 Å². The van der Waals surface area contributed by atoms with Crippen LogP contribution >= 0.6 is 0 Å². The van der Waals surface area contributed by atoms with Crippen molar-refractivity contribution in [1.82, 2.24) is 5.32 Å². The van der Waals surface area contributed by atoms with Crippen LogP contribution < -0.4 is 5.32 Å². The SMILES string of the molecule is C[C@H]1CCC2CC[C@@H]2CCC1(O)NC(=O)OC(C)(C)C. The first kappa shape index (κ1) is 15.6. The molecule has 2 unspecified atom stereocenters. The second-order valence-corrected chi connectivity index (χ2v) is 7.67. The Bertz CT molecular complexity index is 363. The van der Waals surface area contributed by atoms with Gasteiger partial charge >= 0.3 is 6.09 Å². The van der Waals surface area contributed by atoms with Gasteiger partial charge < -0.3 is 9.84 Å². The van der Waals surface area contributed by atoms with Crippen molar-refractivity contribution < 1.29 is 14.6 Å². The predicted octanol–water partition coefficient (Wildman–Crippen LogP) is 3.44. The van der Waals surface area contributed by atoms with E-state index >= 15 is 0 Å². The van der Waals surface area contributed by atoms with Gasteiger partial charge in [-0.1, -0.05) is 6.92 Å². The molecule has 0 aromatic heterocycles. The van der Waals surface area contributed by atoms with Crippen LogP contribution in [0.5, 0.6) is 0 Å². The summed E-state index contributed by atoms with van der Waals surface area (Å²) in [5.74, 6) is 1.66. The van der Waals surface area contributed by atoms with Crippen LogP contribution in [0.25, 0.3) is 0 Å². The van der Waals surface area contributed by atoms with Crippen molar-refractivity contribution in [3.63, 3.8) is 0 Å². The third-order valence-electron chi connectivity index (χ3n) is 4.97. The molecule has 2 fully saturated rings. The van der Waals surface area contributed by atoms with Crippen LogP contribution in [0.15, 0.2) is 0 Å². The fourth-order valence-corrected chi connectivity index (χ4v) is 3.42. The molecule has 20 heavy (non-hydrogen) atoms. The summed E-state index contributed by atoms with van der Waals surface area (Å²) in [6.07, 6.45) is 5.88. The van der Waals surface area contributed by atoms with Crippen LogP contribution in [0.2, 0.25) is 0 Å². The van der Waals surface area contributed by atoms with E-state index in [4.69, 9.17) is 4.74 Å². The average molecular weight is 283 g/mol. The lowest BCUT2D eigenvalue weighted by Gasteiger charge is -2.45. The molecule has 2 saturated carbocycles. The smallest absolute Gasteiger partial charge is 0.409 e. The van der Waals surface area contributed by atoms with E-state index < -0.39 is 17.4 Å². The zero-order valence-corrected chi connectivity index (χ0v) is 13.2. The summed E-state index contributed by atoms with van der Waals surface area (Å²) < 4.78 is 5.28. The minimum Gasteiger partial charge on any atom is -0.444 e. The number of amides is 1. The summed E-state index contributed by atoms with van der Waals surface area (Å²) in [6, 6.07) is 0. The first-order valence-electron chi connectivity index (χ1n) is 7.93. The van der Waals surface area contributed by atoms with Crippen LogP contribution in [-0.4, -0.2) is 22.5 Å². The van der Waals surface area contributed by atoms with E-state index in [0.717, 1.165) is 24.7 Å². The molecule has 116 valence electrons. The third kappa shape index (κ3) is 3.66. The van der Waals surface area contributed by atoms with Gasteiger partial charge in [0.15, 0.2) is 0 Å². The Hall–Kier alpha value is -0.770. The number of hydrogen-bond acceptors (Lipinski definition) is 3. The molecule has 0 aromatic carbocycles. The van der Waals surface area contributed by atoms with Gasteiger partial charge in [0.1, 0.15) is 11.3 Å². The van der Waals surface area contributed by atoms with Crippen molar-refractivity contribution in [2.75, 3.05) is 0 Å². The van der Waals surface area contributed by atoms with Crippen molar-refractivity contribution >= 4 is 6.09 Å². The van der Waals surface area contributed by atoms with Gasteiger partial charge in [-0.3, -0.25) is 5.32 Å². The zero-order valence-electron chi connectivity index (χ0n) is 13.2. The number of fused-ring (bicyclic) bond motifs is 1. The fraction of sp³-hybridized carbons (Fsp3) is 0.938. The number of alkyl carbamates (subject to hydrolysis) is 1. The molecule has 1 amide bonds. The van der Waals surface area contributed by atoms with Gasteiger partial charge in [0.25, 0.3) is 0 Å². The summed E-state index contributed by atoms with van der Waals surface area (Å²) in [6.45, 7) is 7.52. The lowest BCUT2D eigenvalue weighted by molar-refractivity contribution is -0.0782. The minimum atomic E-state index is -1.12. The highest BCUT2D eigenvalue weighted by molar-refractivity contribution is 5.68. The molecule has 0 bridgehead atoms. The summed E-state index contributed by atoms with van der Waals surface area (Å²) in [5, 5.41) is 13.6. The van der Waals surface area contributed by atoms with Crippen LogP contribution in [0.4, 0.5) is 4.79 Å². The maximum atomic E-state index is 11.9. The highest BCUT2D eigenvalue weighted by Gasteiger charge is 2.42. The Labute approximate surface area is 122 Å². The Morgan fingerprint density at radius 2 is 1.70 bits per heavy atom. The molecule has 0 heterocycles. The topological polar surface area (TPSA) is 58.6 Å². The van der Waals surface area contributed by atoms with Crippen LogP contribution in [0, 0.1) is 17.8 Å². The zero-order chi connectivity index (χ0) is 15.0. The normalized spacial score (nSPS) is 38.0. The lowest BCUT2D eigenvalue weighted by atomic mass is 9.65. The van der Waals surface area contributed by atoms with E-state index in [1.807, 2.05) is 27.7 Å². The highest BCUT2D eigenvalue weighted by Crippen LogP contribution is 2.45. The number of rotatable bonds is 1. The Morgan fingerprint density at radius 1 is 1.15 bits per heavy atom. The average Bonchev–Trinajstić information content (AvgIpc) is 2.23. The number of carbonyl (C=O) groups excluding carboxylic acids is 1. The molecule has 4 nitrogen and oxygen atoms in total. The highest BCUT2D eigenvalue weighted by atomic mass is 16.6. The molecular weight excluding hydrogens is 254 g/mol. The number of aliphatic hydroxyl groups is 1. The summed E-state index contributed by atoms with van der Waals surface area (Å²) >= 11 is 0. The molecule has 0 aliphatic heterocycles. The Morgan fingerprint density at radius 3 is 2.25 bits per heavy atom. The van der Waals surface area contributed by atoms with Crippen molar-refractivity contribution in [1.29, 1.82) is 0 Å². The number of nitrogens with one attached hydrogen (secondary N) is 1. The van der Waals surface area contributed by atoms with Crippen molar-refractivity contribution in [2.24, 2.45) is 17.8 Å². The van der Waals surface area contributed by atoms with Crippen molar-refractivity contribution in [3.8, 4) is 0 Å². The van der Waals surface area contributed by atoms with E-state index in [1.165, 1.54) is 19.3 Å². The summed E-state index contributed by atoms with van der Waals surface area (Å²) in [4.78, 5) is 11.9. The molecule has 0 spiro atoms.